The van der Waals surface area contributed by atoms with Crippen LogP contribution < -0.4 is 10.2 Å². The van der Waals surface area contributed by atoms with E-state index in [9.17, 15) is 0 Å². The number of rotatable bonds is 8. The summed E-state index contributed by atoms with van der Waals surface area (Å²) in [6.45, 7) is 7.98. The molecule has 21 heavy (non-hydrogen) atoms. The van der Waals surface area contributed by atoms with Crippen molar-refractivity contribution in [2.75, 3.05) is 24.5 Å². The number of nitrogens with one attached hydrogen (secondary N) is 1. The van der Waals surface area contributed by atoms with E-state index in [-0.39, 0.29) is 0 Å². The van der Waals surface area contributed by atoms with Crippen LogP contribution in [-0.2, 0) is 0 Å². The lowest BCUT2D eigenvalue weighted by atomic mass is 10.0. The van der Waals surface area contributed by atoms with Crippen molar-refractivity contribution in [3.05, 3.63) is 28.2 Å². The van der Waals surface area contributed by atoms with Gasteiger partial charge in [-0.3, -0.25) is 0 Å². The van der Waals surface area contributed by atoms with Gasteiger partial charge in [-0.25, -0.2) is 0 Å². The number of halogens is 1. The van der Waals surface area contributed by atoms with E-state index < -0.39 is 0 Å². The zero-order chi connectivity index (χ0) is 14.8. The summed E-state index contributed by atoms with van der Waals surface area (Å²) in [4.78, 5) is 2.67. The van der Waals surface area contributed by atoms with Crippen LogP contribution in [0.3, 0.4) is 0 Å². The van der Waals surface area contributed by atoms with Gasteiger partial charge in [0, 0.05) is 29.3 Å². The highest BCUT2D eigenvalue weighted by Gasteiger charge is 2.30. The SMILES string of the molecule is CCNC(C)c1ccc(Br)cc1N(CC1CC1)CC1CC1. The van der Waals surface area contributed by atoms with Crippen molar-refractivity contribution < 1.29 is 0 Å². The van der Waals surface area contributed by atoms with Crippen molar-refractivity contribution in [2.24, 2.45) is 11.8 Å². The van der Waals surface area contributed by atoms with Gasteiger partial charge >= 0.3 is 0 Å². The summed E-state index contributed by atoms with van der Waals surface area (Å²) in [6.07, 6.45) is 5.70. The summed E-state index contributed by atoms with van der Waals surface area (Å²) in [5.74, 6) is 1.87. The highest BCUT2D eigenvalue weighted by molar-refractivity contribution is 9.10. The molecule has 2 aliphatic rings. The fourth-order valence-corrected chi connectivity index (χ4v) is 3.42. The van der Waals surface area contributed by atoms with Crippen molar-refractivity contribution in [2.45, 2.75) is 45.6 Å². The van der Waals surface area contributed by atoms with Crippen LogP contribution >= 0.6 is 15.9 Å². The Morgan fingerprint density at radius 3 is 2.33 bits per heavy atom. The average molecular weight is 351 g/mol. The highest BCUT2D eigenvalue weighted by Crippen LogP contribution is 2.38. The Hall–Kier alpha value is -0.540. The molecule has 0 aromatic heterocycles. The molecule has 1 N–H and O–H groups in total. The Labute approximate surface area is 137 Å². The number of anilines is 1. The molecule has 0 amide bonds. The first kappa shape index (κ1) is 15.4. The summed E-state index contributed by atoms with van der Waals surface area (Å²) in [5, 5.41) is 3.57. The van der Waals surface area contributed by atoms with E-state index in [1.807, 2.05) is 0 Å². The van der Waals surface area contributed by atoms with Crippen LogP contribution in [0.15, 0.2) is 22.7 Å². The van der Waals surface area contributed by atoms with Gasteiger partial charge in [0.1, 0.15) is 0 Å². The molecule has 0 saturated heterocycles. The van der Waals surface area contributed by atoms with Gasteiger partial charge in [-0.2, -0.15) is 0 Å². The minimum Gasteiger partial charge on any atom is -0.371 e. The second-order valence-electron chi connectivity index (χ2n) is 6.77. The third kappa shape index (κ3) is 4.23. The van der Waals surface area contributed by atoms with Gasteiger partial charge in [0.15, 0.2) is 0 Å². The van der Waals surface area contributed by atoms with Crippen molar-refractivity contribution in [1.29, 1.82) is 0 Å². The van der Waals surface area contributed by atoms with Gasteiger partial charge in [0.2, 0.25) is 0 Å². The lowest BCUT2D eigenvalue weighted by molar-refractivity contribution is 0.591. The normalized spacial score (nSPS) is 19.6. The lowest BCUT2D eigenvalue weighted by Gasteiger charge is -2.29. The molecule has 0 heterocycles. The fourth-order valence-electron chi connectivity index (χ4n) is 3.07. The summed E-state index contributed by atoms with van der Waals surface area (Å²) in [6, 6.07) is 7.21. The number of nitrogens with zero attached hydrogens (tertiary/aromatic N) is 1. The molecule has 2 fully saturated rings. The summed E-state index contributed by atoms with van der Waals surface area (Å²) in [7, 11) is 0. The van der Waals surface area contributed by atoms with Crippen LogP contribution in [0.25, 0.3) is 0 Å². The fraction of sp³-hybridized carbons (Fsp3) is 0.667. The van der Waals surface area contributed by atoms with Gasteiger partial charge in [0.25, 0.3) is 0 Å². The second kappa shape index (κ2) is 6.70. The second-order valence-corrected chi connectivity index (χ2v) is 7.69. The Kier molecular flexibility index (Phi) is 4.90. The Balaban J connectivity index is 1.85. The molecule has 0 spiro atoms. The first-order chi connectivity index (χ1) is 10.2. The molecular formula is C18H27BrN2. The average Bonchev–Trinajstić information content (AvgIpc) is 3.33. The Morgan fingerprint density at radius 2 is 1.81 bits per heavy atom. The maximum atomic E-state index is 3.67. The van der Waals surface area contributed by atoms with Gasteiger partial charge < -0.3 is 10.2 Å². The predicted molar refractivity (Wildman–Crippen MR) is 93.9 cm³/mol. The first-order valence-electron chi connectivity index (χ1n) is 8.45. The first-order valence-corrected chi connectivity index (χ1v) is 9.24. The van der Waals surface area contributed by atoms with E-state index >= 15 is 0 Å². The molecule has 2 nitrogen and oxygen atoms in total. The van der Waals surface area contributed by atoms with Gasteiger partial charge in [-0.05, 0) is 68.7 Å². The van der Waals surface area contributed by atoms with E-state index in [1.165, 1.54) is 54.5 Å². The van der Waals surface area contributed by atoms with E-state index in [0.717, 1.165) is 18.4 Å². The molecular weight excluding hydrogens is 324 g/mol. The van der Waals surface area contributed by atoms with Crippen molar-refractivity contribution in [3.8, 4) is 0 Å². The monoisotopic (exact) mass is 350 g/mol. The summed E-state index contributed by atoms with van der Waals surface area (Å²) in [5.41, 5.74) is 2.89. The highest BCUT2D eigenvalue weighted by atomic mass is 79.9. The number of hydrogen-bond acceptors (Lipinski definition) is 2. The Morgan fingerprint density at radius 1 is 1.19 bits per heavy atom. The van der Waals surface area contributed by atoms with Crippen molar-refractivity contribution in [1.82, 2.24) is 5.32 Å². The van der Waals surface area contributed by atoms with Gasteiger partial charge in [-0.1, -0.05) is 28.9 Å². The molecule has 3 heteroatoms. The molecule has 3 rings (SSSR count). The Bertz CT molecular complexity index is 466. The number of benzene rings is 1. The van der Waals surface area contributed by atoms with Crippen molar-refractivity contribution >= 4 is 21.6 Å². The molecule has 1 aromatic carbocycles. The zero-order valence-electron chi connectivity index (χ0n) is 13.2. The minimum absolute atomic E-state index is 0.416. The molecule has 2 saturated carbocycles. The quantitative estimate of drug-likeness (QED) is 0.727. The van der Waals surface area contributed by atoms with Crippen LogP contribution in [0.5, 0.6) is 0 Å². The van der Waals surface area contributed by atoms with E-state index in [2.05, 4.69) is 58.2 Å². The zero-order valence-corrected chi connectivity index (χ0v) is 14.8. The molecule has 0 radical (unpaired) electrons. The molecule has 2 aliphatic carbocycles. The molecule has 0 aliphatic heterocycles. The molecule has 1 aromatic rings. The maximum absolute atomic E-state index is 3.67. The largest absolute Gasteiger partial charge is 0.371 e. The summed E-state index contributed by atoms with van der Waals surface area (Å²) < 4.78 is 1.20. The molecule has 0 bridgehead atoms. The van der Waals surface area contributed by atoms with Crippen molar-refractivity contribution in [3.63, 3.8) is 0 Å². The maximum Gasteiger partial charge on any atom is 0.0426 e. The van der Waals surface area contributed by atoms with E-state index in [0.29, 0.717) is 6.04 Å². The van der Waals surface area contributed by atoms with Crippen LogP contribution in [0.4, 0.5) is 5.69 Å². The van der Waals surface area contributed by atoms with Crippen LogP contribution in [0.1, 0.15) is 51.1 Å². The number of hydrogen-bond donors (Lipinski definition) is 1. The predicted octanol–water partition coefficient (Wildman–Crippen LogP) is 4.75. The van der Waals surface area contributed by atoms with E-state index in [4.69, 9.17) is 0 Å². The molecule has 116 valence electrons. The minimum atomic E-state index is 0.416. The van der Waals surface area contributed by atoms with Crippen LogP contribution in [0, 0.1) is 11.8 Å². The van der Waals surface area contributed by atoms with Gasteiger partial charge in [-0.15, -0.1) is 0 Å². The van der Waals surface area contributed by atoms with Crippen LogP contribution in [0.2, 0.25) is 0 Å². The van der Waals surface area contributed by atoms with Gasteiger partial charge in [0.05, 0.1) is 0 Å². The third-order valence-corrected chi connectivity index (χ3v) is 5.15. The third-order valence-electron chi connectivity index (χ3n) is 4.66. The molecule has 1 atom stereocenters. The standard InChI is InChI=1S/C18H27BrN2/c1-3-20-13(2)17-9-8-16(19)10-18(17)21(11-14-4-5-14)12-15-6-7-15/h8-10,13-15,20H,3-7,11-12H2,1-2H3. The summed E-state index contributed by atoms with van der Waals surface area (Å²) >= 11 is 3.67. The lowest BCUT2D eigenvalue weighted by Crippen LogP contribution is -2.30. The smallest absolute Gasteiger partial charge is 0.0426 e. The topological polar surface area (TPSA) is 15.3 Å². The van der Waals surface area contributed by atoms with E-state index in [1.54, 1.807) is 0 Å². The molecule has 1 unspecified atom stereocenters. The van der Waals surface area contributed by atoms with Crippen LogP contribution in [-0.4, -0.2) is 19.6 Å².